The molecule has 1 aliphatic rings. The maximum atomic E-state index is 12.0. The summed E-state index contributed by atoms with van der Waals surface area (Å²) in [4.78, 5) is 18.0. The average molecular weight is 360 g/mol. The summed E-state index contributed by atoms with van der Waals surface area (Å²) >= 11 is 0. The summed E-state index contributed by atoms with van der Waals surface area (Å²) in [6, 6.07) is 5.84. The zero-order valence-corrected chi connectivity index (χ0v) is 16.1. The normalized spacial score (nSPS) is 17.2. The zero-order chi connectivity index (χ0) is 19.1. The second-order valence-electron chi connectivity index (χ2n) is 8.43. The summed E-state index contributed by atoms with van der Waals surface area (Å²) in [7, 11) is 0. The number of aliphatic hydroxyl groups excluding tert-OH is 1. The van der Waals surface area contributed by atoms with E-state index in [1.165, 1.54) is 0 Å². The molecular weight excluding hydrogens is 332 g/mol. The van der Waals surface area contributed by atoms with Crippen LogP contribution in [-0.2, 0) is 10.3 Å². The molecule has 1 fully saturated rings. The predicted molar refractivity (Wildman–Crippen MR) is 98.7 cm³/mol. The number of fused-ring (bicyclic) bond motifs is 1. The van der Waals surface area contributed by atoms with Crippen LogP contribution in [0.15, 0.2) is 30.6 Å². The van der Waals surface area contributed by atoms with Crippen molar-refractivity contribution in [3.05, 3.63) is 36.3 Å². The number of hydrogen-bond acceptors (Lipinski definition) is 5. The van der Waals surface area contributed by atoms with E-state index < -0.39 is 17.4 Å². The Bertz CT molecular complexity index is 787. The van der Waals surface area contributed by atoms with E-state index in [2.05, 4.69) is 10.3 Å². The minimum atomic E-state index is -0.724. The predicted octanol–water partition coefficient (Wildman–Crippen LogP) is 2.34. The number of rotatable bonds is 4. The Balaban J connectivity index is 1.60. The molecule has 1 saturated heterocycles. The summed E-state index contributed by atoms with van der Waals surface area (Å²) < 4.78 is 7.36. The molecule has 1 unspecified atom stereocenters. The lowest BCUT2D eigenvalue weighted by molar-refractivity contribution is -0.0479. The number of hydrogen-bond donors (Lipinski definition) is 2. The maximum Gasteiger partial charge on any atom is 0.410 e. The second-order valence-corrected chi connectivity index (χ2v) is 8.43. The van der Waals surface area contributed by atoms with Gasteiger partial charge in [-0.15, -0.1) is 0 Å². The minimum Gasteiger partial charge on any atom is -0.444 e. The first-order valence-electron chi connectivity index (χ1n) is 8.93. The van der Waals surface area contributed by atoms with Crippen molar-refractivity contribution in [3.8, 4) is 0 Å². The lowest BCUT2D eigenvalue weighted by Gasteiger charge is -2.43. The molecule has 0 aliphatic carbocycles. The van der Waals surface area contributed by atoms with Gasteiger partial charge < -0.3 is 19.1 Å². The summed E-state index contributed by atoms with van der Waals surface area (Å²) in [5.41, 5.74) is 0.846. The third-order valence-corrected chi connectivity index (χ3v) is 4.57. The Morgan fingerprint density at radius 2 is 2.00 bits per heavy atom. The quantitative estimate of drug-likeness (QED) is 0.818. The molecule has 0 bridgehead atoms. The number of aromatic nitrogens is 2. The molecule has 1 aliphatic heterocycles. The number of imidazole rings is 1. The smallest absolute Gasteiger partial charge is 0.410 e. The van der Waals surface area contributed by atoms with Gasteiger partial charge >= 0.3 is 6.09 Å². The lowest BCUT2D eigenvalue weighted by Crippen LogP contribution is -2.60. The van der Waals surface area contributed by atoms with Crippen LogP contribution in [0.5, 0.6) is 0 Å². The molecule has 0 aromatic carbocycles. The van der Waals surface area contributed by atoms with Crippen molar-refractivity contribution >= 4 is 11.7 Å². The van der Waals surface area contributed by atoms with Gasteiger partial charge in [-0.05, 0) is 46.8 Å². The number of carbonyl (C=O) groups is 1. The molecule has 2 aromatic heterocycles. The highest BCUT2D eigenvalue weighted by molar-refractivity contribution is 5.69. The van der Waals surface area contributed by atoms with Crippen molar-refractivity contribution in [1.29, 1.82) is 0 Å². The van der Waals surface area contributed by atoms with Crippen LogP contribution in [0.3, 0.4) is 0 Å². The van der Waals surface area contributed by atoms with Gasteiger partial charge in [0.15, 0.2) is 0 Å². The summed E-state index contributed by atoms with van der Waals surface area (Å²) in [5, 5.41) is 13.9. The third kappa shape index (κ3) is 3.83. The van der Waals surface area contributed by atoms with Crippen molar-refractivity contribution in [2.75, 3.05) is 13.1 Å². The van der Waals surface area contributed by atoms with Crippen LogP contribution >= 0.6 is 0 Å². The van der Waals surface area contributed by atoms with Crippen molar-refractivity contribution in [2.45, 2.75) is 52.0 Å². The van der Waals surface area contributed by atoms with Gasteiger partial charge in [-0.1, -0.05) is 6.07 Å². The maximum absolute atomic E-state index is 12.0. The highest BCUT2D eigenvalue weighted by Gasteiger charge is 2.40. The lowest BCUT2D eigenvalue weighted by atomic mass is 9.94. The fourth-order valence-corrected chi connectivity index (χ4v) is 3.14. The van der Waals surface area contributed by atoms with Crippen LogP contribution in [0, 0.1) is 5.92 Å². The van der Waals surface area contributed by atoms with E-state index >= 15 is 0 Å². The fraction of sp³-hybridized carbons (Fsp3) is 0.579. The van der Waals surface area contributed by atoms with E-state index in [4.69, 9.17) is 4.74 Å². The van der Waals surface area contributed by atoms with Gasteiger partial charge in [0.1, 0.15) is 17.5 Å². The Morgan fingerprint density at radius 1 is 1.31 bits per heavy atom. The van der Waals surface area contributed by atoms with Crippen LogP contribution in [0.2, 0.25) is 0 Å². The largest absolute Gasteiger partial charge is 0.444 e. The number of nitrogens with zero attached hydrogens (tertiary/aromatic N) is 3. The Morgan fingerprint density at radius 3 is 2.65 bits per heavy atom. The number of likely N-dealkylation sites (tertiary alicyclic amines) is 1. The van der Waals surface area contributed by atoms with Crippen molar-refractivity contribution in [2.24, 2.45) is 5.92 Å². The number of amides is 1. The van der Waals surface area contributed by atoms with E-state index in [1.807, 2.05) is 69.6 Å². The molecule has 7 heteroatoms. The minimum absolute atomic E-state index is 0.0269. The Hall–Kier alpha value is -2.12. The van der Waals surface area contributed by atoms with Crippen molar-refractivity contribution < 1.29 is 14.6 Å². The molecule has 0 saturated carbocycles. The SMILES string of the molecule is CC(C)(C)OC(=O)N1CC(C(O)NC(C)(C)c2cnc3ccccn23)C1. The molecule has 0 radical (unpaired) electrons. The fourth-order valence-electron chi connectivity index (χ4n) is 3.14. The first-order valence-corrected chi connectivity index (χ1v) is 8.93. The number of ether oxygens (including phenoxy) is 1. The summed E-state index contributed by atoms with van der Waals surface area (Å²) in [6.07, 6.45) is 2.73. The van der Waals surface area contributed by atoms with E-state index in [1.54, 1.807) is 4.90 Å². The Kier molecular flexibility index (Phi) is 4.71. The second kappa shape index (κ2) is 6.55. The summed E-state index contributed by atoms with van der Waals surface area (Å²) in [5.74, 6) is -0.0269. The van der Waals surface area contributed by atoms with Crippen LogP contribution in [0.25, 0.3) is 5.65 Å². The van der Waals surface area contributed by atoms with Gasteiger partial charge in [-0.25, -0.2) is 9.78 Å². The van der Waals surface area contributed by atoms with Gasteiger partial charge in [0.2, 0.25) is 0 Å². The summed E-state index contributed by atoms with van der Waals surface area (Å²) in [6.45, 7) is 10.5. The van der Waals surface area contributed by atoms with Crippen molar-refractivity contribution in [1.82, 2.24) is 19.6 Å². The van der Waals surface area contributed by atoms with Gasteiger partial charge in [-0.3, -0.25) is 5.32 Å². The molecule has 2 aromatic rings. The van der Waals surface area contributed by atoms with Crippen LogP contribution in [0.4, 0.5) is 4.79 Å². The molecule has 7 nitrogen and oxygen atoms in total. The number of pyridine rings is 1. The Labute approximate surface area is 154 Å². The van der Waals surface area contributed by atoms with E-state index in [0.29, 0.717) is 13.1 Å². The highest BCUT2D eigenvalue weighted by Crippen LogP contribution is 2.26. The van der Waals surface area contributed by atoms with Gasteiger partial charge in [0.25, 0.3) is 0 Å². The molecule has 142 valence electrons. The molecular formula is C19H28N4O3. The van der Waals surface area contributed by atoms with Crippen LogP contribution in [-0.4, -0.2) is 50.4 Å². The number of carbonyl (C=O) groups excluding carboxylic acids is 1. The molecule has 26 heavy (non-hydrogen) atoms. The molecule has 1 amide bonds. The first-order chi connectivity index (χ1) is 12.1. The third-order valence-electron chi connectivity index (χ3n) is 4.57. The monoisotopic (exact) mass is 360 g/mol. The number of nitrogens with one attached hydrogen (secondary N) is 1. The standard InChI is InChI=1S/C19H28N4O3/c1-18(2,3)26-17(25)22-11-13(12-22)16(24)21-19(4,5)14-10-20-15-8-6-7-9-23(14)15/h6-10,13,16,21,24H,11-12H2,1-5H3. The highest BCUT2D eigenvalue weighted by atomic mass is 16.6. The van der Waals surface area contributed by atoms with Crippen LogP contribution < -0.4 is 5.32 Å². The van der Waals surface area contributed by atoms with E-state index in [-0.39, 0.29) is 12.0 Å². The molecule has 2 N–H and O–H groups in total. The molecule has 1 atom stereocenters. The molecule has 3 heterocycles. The van der Waals surface area contributed by atoms with Gasteiger partial charge in [-0.2, -0.15) is 0 Å². The average Bonchev–Trinajstić information content (AvgIpc) is 2.87. The first kappa shape index (κ1) is 18.7. The van der Waals surface area contributed by atoms with E-state index in [9.17, 15) is 9.90 Å². The topological polar surface area (TPSA) is 79.1 Å². The molecule has 0 spiro atoms. The van der Waals surface area contributed by atoms with Gasteiger partial charge in [0.05, 0.1) is 17.4 Å². The zero-order valence-electron chi connectivity index (χ0n) is 16.1. The van der Waals surface area contributed by atoms with Crippen LogP contribution in [0.1, 0.15) is 40.3 Å². The van der Waals surface area contributed by atoms with Crippen molar-refractivity contribution in [3.63, 3.8) is 0 Å². The van der Waals surface area contributed by atoms with Gasteiger partial charge in [0, 0.05) is 25.2 Å². The number of aliphatic hydroxyl groups is 1. The van der Waals surface area contributed by atoms with E-state index in [0.717, 1.165) is 11.3 Å². The molecule has 3 rings (SSSR count).